The molecule has 0 atom stereocenters. The number of anilines is 2. The van der Waals surface area contributed by atoms with Crippen LogP contribution in [0.2, 0.25) is 0 Å². The number of fused-ring (bicyclic) bond motifs is 1. The van der Waals surface area contributed by atoms with Crippen LogP contribution in [0.5, 0.6) is 0 Å². The van der Waals surface area contributed by atoms with Crippen LogP contribution in [-0.2, 0) is 25.8 Å². The highest BCUT2D eigenvalue weighted by molar-refractivity contribution is 9.10. The molecule has 1 aromatic carbocycles. The van der Waals surface area contributed by atoms with Crippen LogP contribution in [0.15, 0.2) is 46.0 Å². The highest BCUT2D eigenvalue weighted by Gasteiger charge is 2.39. The second-order valence-corrected chi connectivity index (χ2v) is 10.3. The monoisotopic (exact) mass is 477 g/mol. The minimum atomic E-state index is -3.77. The molecule has 1 fully saturated rings. The Bertz CT molecular complexity index is 1070. The molecule has 7 nitrogen and oxygen atoms in total. The van der Waals surface area contributed by atoms with Gasteiger partial charge in [-0.1, -0.05) is 15.9 Å². The molecule has 2 aliphatic rings. The van der Waals surface area contributed by atoms with E-state index in [-0.39, 0.29) is 28.9 Å². The summed E-state index contributed by atoms with van der Waals surface area (Å²) in [6, 6.07) is 6.76. The van der Waals surface area contributed by atoms with Gasteiger partial charge in [0.05, 0.1) is 28.2 Å². The number of hydrogen-bond donors (Lipinski definition) is 1. The number of rotatable bonds is 6. The van der Waals surface area contributed by atoms with Crippen molar-refractivity contribution < 1.29 is 18.0 Å². The SMILES string of the molecule is O=C(CCS(=O)(=O)c1cc(Br)cc2c1N(C(=O)C1CC1)CC2)Nc1cccnc1. The van der Waals surface area contributed by atoms with E-state index < -0.39 is 15.7 Å². The van der Waals surface area contributed by atoms with E-state index in [0.29, 0.717) is 28.8 Å². The van der Waals surface area contributed by atoms with E-state index in [1.165, 1.54) is 12.3 Å². The minimum absolute atomic E-state index is 0.00292. The summed E-state index contributed by atoms with van der Waals surface area (Å²) in [5.74, 6) is -0.741. The molecule has 0 unspecified atom stereocenters. The van der Waals surface area contributed by atoms with Gasteiger partial charge in [-0.05, 0) is 49.1 Å². The van der Waals surface area contributed by atoms with Crippen LogP contribution < -0.4 is 10.2 Å². The van der Waals surface area contributed by atoms with E-state index in [2.05, 4.69) is 26.2 Å². The predicted octanol–water partition coefficient (Wildman–Crippen LogP) is 2.95. The Labute approximate surface area is 177 Å². The molecule has 2 heterocycles. The topological polar surface area (TPSA) is 96.4 Å². The fourth-order valence-electron chi connectivity index (χ4n) is 3.47. The van der Waals surface area contributed by atoms with Crippen molar-refractivity contribution in [1.82, 2.24) is 4.98 Å². The van der Waals surface area contributed by atoms with Crippen LogP contribution in [0.4, 0.5) is 11.4 Å². The third kappa shape index (κ3) is 4.35. The Morgan fingerprint density at radius 2 is 2.07 bits per heavy atom. The number of nitrogens with zero attached hydrogens (tertiary/aromatic N) is 2. The molecule has 4 rings (SSSR count). The summed E-state index contributed by atoms with van der Waals surface area (Å²) >= 11 is 3.38. The molecule has 0 bridgehead atoms. The Kier molecular flexibility index (Phi) is 5.44. The summed E-state index contributed by atoms with van der Waals surface area (Å²) in [5, 5.41) is 2.64. The van der Waals surface area contributed by atoms with E-state index in [1.54, 1.807) is 23.2 Å². The lowest BCUT2D eigenvalue weighted by Gasteiger charge is -2.20. The lowest BCUT2D eigenvalue weighted by molar-refractivity contribution is -0.119. The molecule has 1 saturated carbocycles. The van der Waals surface area contributed by atoms with Crippen LogP contribution in [0.3, 0.4) is 0 Å². The third-order valence-electron chi connectivity index (χ3n) is 5.06. The number of carbonyl (C=O) groups is 2. The molecule has 2 aromatic rings. The Hall–Kier alpha value is -2.26. The molecular formula is C20H20BrN3O4S. The van der Waals surface area contributed by atoms with E-state index in [9.17, 15) is 18.0 Å². The number of nitrogens with one attached hydrogen (secondary N) is 1. The van der Waals surface area contributed by atoms with Crippen molar-refractivity contribution >= 4 is 49.0 Å². The summed E-state index contributed by atoms with van der Waals surface area (Å²) in [6.45, 7) is 0.491. The Balaban J connectivity index is 1.55. The standard InChI is InChI=1S/C20H20BrN3O4S/c21-15-10-14-5-8-24(20(26)13-3-4-13)19(14)17(11-15)29(27,28)9-6-18(25)23-16-2-1-7-22-12-16/h1-2,7,10-13H,3-6,8-9H2,(H,23,25). The van der Waals surface area contributed by atoms with E-state index >= 15 is 0 Å². The van der Waals surface area contributed by atoms with Crippen LogP contribution in [0, 0.1) is 5.92 Å². The van der Waals surface area contributed by atoms with Crippen molar-refractivity contribution in [3.63, 3.8) is 0 Å². The maximum Gasteiger partial charge on any atom is 0.230 e. The number of benzene rings is 1. The second kappa shape index (κ2) is 7.87. The first-order valence-corrected chi connectivity index (χ1v) is 11.9. The maximum absolute atomic E-state index is 13.1. The summed E-state index contributed by atoms with van der Waals surface area (Å²) in [4.78, 5) is 30.5. The first-order valence-electron chi connectivity index (χ1n) is 9.41. The molecule has 2 amide bonds. The first kappa shape index (κ1) is 20.0. The van der Waals surface area contributed by atoms with Gasteiger partial charge in [0.25, 0.3) is 0 Å². The number of pyridine rings is 1. The summed E-state index contributed by atoms with van der Waals surface area (Å²) in [5.41, 5.74) is 1.84. The Morgan fingerprint density at radius 3 is 2.76 bits per heavy atom. The van der Waals surface area contributed by atoms with Crippen molar-refractivity contribution in [2.24, 2.45) is 5.92 Å². The van der Waals surface area contributed by atoms with Gasteiger partial charge >= 0.3 is 0 Å². The van der Waals surface area contributed by atoms with Gasteiger partial charge in [-0.25, -0.2) is 8.42 Å². The predicted molar refractivity (Wildman–Crippen MR) is 112 cm³/mol. The van der Waals surface area contributed by atoms with Gasteiger partial charge in [0.2, 0.25) is 11.8 Å². The average molecular weight is 478 g/mol. The largest absolute Gasteiger partial charge is 0.325 e. The number of aromatic nitrogens is 1. The molecule has 0 radical (unpaired) electrons. The fourth-order valence-corrected chi connectivity index (χ4v) is 5.65. The van der Waals surface area contributed by atoms with Crippen molar-refractivity contribution in [3.05, 3.63) is 46.7 Å². The molecule has 0 spiro atoms. The van der Waals surface area contributed by atoms with E-state index in [1.807, 2.05) is 6.07 Å². The minimum Gasteiger partial charge on any atom is -0.325 e. The van der Waals surface area contributed by atoms with Crippen LogP contribution >= 0.6 is 15.9 Å². The second-order valence-electron chi connectivity index (χ2n) is 7.28. The number of halogens is 1. The lowest BCUT2D eigenvalue weighted by Crippen LogP contribution is -2.31. The number of amides is 2. The molecule has 152 valence electrons. The summed E-state index contributed by atoms with van der Waals surface area (Å²) in [7, 11) is -3.77. The first-order chi connectivity index (χ1) is 13.8. The zero-order valence-corrected chi connectivity index (χ0v) is 18.0. The van der Waals surface area contributed by atoms with Crippen molar-refractivity contribution in [2.45, 2.75) is 30.6 Å². The van der Waals surface area contributed by atoms with Crippen molar-refractivity contribution in [1.29, 1.82) is 0 Å². The molecular weight excluding hydrogens is 458 g/mol. The van der Waals surface area contributed by atoms with Crippen LogP contribution in [0.1, 0.15) is 24.8 Å². The van der Waals surface area contributed by atoms with Gasteiger partial charge in [0, 0.05) is 29.6 Å². The van der Waals surface area contributed by atoms with Gasteiger partial charge in [-0.15, -0.1) is 0 Å². The fraction of sp³-hybridized carbons (Fsp3) is 0.350. The van der Waals surface area contributed by atoms with Gasteiger partial charge in [0.1, 0.15) is 0 Å². The molecule has 1 aromatic heterocycles. The maximum atomic E-state index is 13.1. The van der Waals surface area contributed by atoms with Crippen molar-refractivity contribution in [2.75, 3.05) is 22.5 Å². The van der Waals surface area contributed by atoms with E-state index in [4.69, 9.17) is 0 Å². The van der Waals surface area contributed by atoms with Gasteiger partial charge in [-0.2, -0.15) is 0 Å². The zero-order chi connectivity index (χ0) is 20.6. The number of sulfone groups is 1. The summed E-state index contributed by atoms with van der Waals surface area (Å²) < 4.78 is 26.9. The molecule has 0 saturated heterocycles. The molecule has 1 aliphatic carbocycles. The van der Waals surface area contributed by atoms with Crippen LogP contribution in [0.25, 0.3) is 0 Å². The molecule has 29 heavy (non-hydrogen) atoms. The zero-order valence-electron chi connectivity index (χ0n) is 15.6. The van der Waals surface area contributed by atoms with Crippen molar-refractivity contribution in [3.8, 4) is 0 Å². The Morgan fingerprint density at radius 1 is 1.28 bits per heavy atom. The van der Waals surface area contributed by atoms with Crippen LogP contribution in [-0.4, -0.2) is 37.5 Å². The highest BCUT2D eigenvalue weighted by Crippen LogP contribution is 2.41. The van der Waals surface area contributed by atoms with Gasteiger partial charge in [-0.3, -0.25) is 14.6 Å². The number of hydrogen-bond acceptors (Lipinski definition) is 5. The number of carbonyl (C=O) groups excluding carboxylic acids is 2. The van der Waals surface area contributed by atoms with E-state index in [0.717, 1.165) is 18.4 Å². The third-order valence-corrected chi connectivity index (χ3v) is 7.24. The highest BCUT2D eigenvalue weighted by atomic mass is 79.9. The average Bonchev–Trinajstić information content (AvgIpc) is 3.46. The quantitative estimate of drug-likeness (QED) is 0.689. The molecule has 1 aliphatic heterocycles. The van der Waals surface area contributed by atoms with Gasteiger partial charge < -0.3 is 10.2 Å². The van der Waals surface area contributed by atoms with Gasteiger partial charge in [0.15, 0.2) is 9.84 Å². The normalized spacial score (nSPS) is 15.8. The summed E-state index contributed by atoms with van der Waals surface area (Å²) in [6.07, 6.45) is 5.24. The smallest absolute Gasteiger partial charge is 0.230 e. The molecule has 1 N–H and O–H groups in total. The lowest BCUT2D eigenvalue weighted by atomic mass is 10.2. The molecule has 9 heteroatoms.